The molecule has 4 nitrogen and oxygen atoms in total. The molecule has 3 rings (SSSR count). The molecule has 3 aromatic rings. The molecule has 21 heavy (non-hydrogen) atoms. The molecule has 0 amide bonds. The lowest BCUT2D eigenvalue weighted by Gasteiger charge is -2.06. The number of halogens is 1. The molecule has 1 aromatic heterocycles. The lowest BCUT2D eigenvalue weighted by atomic mass is 10.2. The molecule has 0 aliphatic rings. The zero-order chi connectivity index (χ0) is 14.7. The van der Waals surface area contributed by atoms with E-state index in [2.05, 4.69) is 10.2 Å². The number of ether oxygens (including phenoxy) is 1. The highest BCUT2D eigenvalue weighted by Crippen LogP contribution is 2.22. The quantitative estimate of drug-likeness (QED) is 0.721. The van der Waals surface area contributed by atoms with E-state index in [1.807, 2.05) is 48.5 Å². The topological polar surface area (TPSA) is 48.2 Å². The molecular weight excluding hydrogens is 288 g/mol. The summed E-state index contributed by atoms with van der Waals surface area (Å²) in [7, 11) is 0. The minimum absolute atomic E-state index is 0.472. The molecule has 0 N–H and O–H groups in total. The number of benzene rings is 2. The van der Waals surface area contributed by atoms with E-state index in [0.717, 1.165) is 16.9 Å². The van der Waals surface area contributed by atoms with Crippen LogP contribution < -0.4 is 4.74 Å². The second-order valence-electron chi connectivity index (χ2n) is 4.57. The monoisotopic (exact) mass is 300 g/mol. The second kappa shape index (κ2) is 5.97. The standard InChI is InChI=1S/C16H13ClN2O2/c1-11-18-19-16(21-11)13-5-7-15(8-6-13)20-10-12-3-2-4-14(17)9-12/h2-9H,10H2,1H3. The molecule has 0 saturated heterocycles. The van der Waals surface area contributed by atoms with Crippen molar-refractivity contribution in [2.24, 2.45) is 0 Å². The van der Waals surface area contributed by atoms with Crippen LogP contribution >= 0.6 is 11.6 Å². The Morgan fingerprint density at radius 1 is 1.10 bits per heavy atom. The smallest absolute Gasteiger partial charge is 0.247 e. The Morgan fingerprint density at radius 3 is 2.57 bits per heavy atom. The summed E-state index contributed by atoms with van der Waals surface area (Å²) in [5, 5.41) is 8.49. The summed E-state index contributed by atoms with van der Waals surface area (Å²) < 4.78 is 11.1. The fourth-order valence-corrected chi connectivity index (χ4v) is 2.11. The number of hydrogen-bond acceptors (Lipinski definition) is 4. The van der Waals surface area contributed by atoms with Crippen LogP contribution in [0.5, 0.6) is 5.75 Å². The van der Waals surface area contributed by atoms with Gasteiger partial charge in [0, 0.05) is 17.5 Å². The number of aryl methyl sites for hydroxylation is 1. The molecular formula is C16H13ClN2O2. The highest BCUT2D eigenvalue weighted by Gasteiger charge is 2.05. The summed E-state index contributed by atoms with van der Waals surface area (Å²) in [6.07, 6.45) is 0. The summed E-state index contributed by atoms with van der Waals surface area (Å²) in [5.41, 5.74) is 1.89. The molecule has 0 radical (unpaired) electrons. The predicted molar refractivity (Wildman–Crippen MR) is 80.3 cm³/mol. The Labute approximate surface area is 127 Å². The second-order valence-corrected chi connectivity index (χ2v) is 5.01. The first kappa shape index (κ1) is 13.6. The van der Waals surface area contributed by atoms with E-state index in [-0.39, 0.29) is 0 Å². The maximum Gasteiger partial charge on any atom is 0.247 e. The SMILES string of the molecule is Cc1nnc(-c2ccc(OCc3cccc(Cl)c3)cc2)o1. The van der Waals surface area contributed by atoms with Gasteiger partial charge in [0.05, 0.1) is 0 Å². The maximum absolute atomic E-state index is 5.94. The van der Waals surface area contributed by atoms with Gasteiger partial charge >= 0.3 is 0 Å². The number of nitrogens with zero attached hydrogens (tertiary/aromatic N) is 2. The highest BCUT2D eigenvalue weighted by molar-refractivity contribution is 6.30. The van der Waals surface area contributed by atoms with Gasteiger partial charge in [0.2, 0.25) is 11.8 Å². The third-order valence-electron chi connectivity index (χ3n) is 2.92. The third-order valence-corrected chi connectivity index (χ3v) is 3.16. The molecule has 0 unspecified atom stereocenters. The van der Waals surface area contributed by atoms with Gasteiger partial charge in [-0.1, -0.05) is 23.7 Å². The van der Waals surface area contributed by atoms with Crippen LogP contribution in [0.2, 0.25) is 5.02 Å². The van der Waals surface area contributed by atoms with E-state index < -0.39 is 0 Å². The Balaban J connectivity index is 1.67. The first-order chi connectivity index (χ1) is 10.2. The van der Waals surface area contributed by atoms with Crippen LogP contribution in [0.1, 0.15) is 11.5 Å². The van der Waals surface area contributed by atoms with Crippen molar-refractivity contribution in [2.45, 2.75) is 13.5 Å². The summed E-state index contributed by atoms with van der Waals surface area (Å²) in [4.78, 5) is 0. The van der Waals surface area contributed by atoms with Gasteiger partial charge in [-0.3, -0.25) is 0 Å². The van der Waals surface area contributed by atoms with Crippen molar-refractivity contribution in [3.05, 3.63) is 65.0 Å². The molecule has 106 valence electrons. The van der Waals surface area contributed by atoms with E-state index >= 15 is 0 Å². The zero-order valence-corrected chi connectivity index (χ0v) is 12.2. The lowest BCUT2D eigenvalue weighted by Crippen LogP contribution is -1.95. The van der Waals surface area contributed by atoms with Crippen LogP contribution in [0.4, 0.5) is 0 Å². The van der Waals surface area contributed by atoms with Crippen LogP contribution in [-0.2, 0) is 6.61 Å². The van der Waals surface area contributed by atoms with Crippen LogP contribution in [0.25, 0.3) is 11.5 Å². The predicted octanol–water partition coefficient (Wildman–Crippen LogP) is 4.28. The summed E-state index contributed by atoms with van der Waals surface area (Å²) in [6.45, 7) is 2.23. The van der Waals surface area contributed by atoms with Crippen LogP contribution in [-0.4, -0.2) is 10.2 Å². The number of hydrogen-bond donors (Lipinski definition) is 0. The highest BCUT2D eigenvalue weighted by atomic mass is 35.5. The summed E-state index contributed by atoms with van der Waals surface area (Å²) in [5.74, 6) is 1.83. The van der Waals surface area contributed by atoms with E-state index in [1.165, 1.54) is 0 Å². The molecule has 0 bridgehead atoms. The van der Waals surface area contributed by atoms with Crippen molar-refractivity contribution >= 4 is 11.6 Å². The molecule has 0 fully saturated rings. The number of aromatic nitrogens is 2. The number of rotatable bonds is 4. The van der Waals surface area contributed by atoms with Gasteiger partial charge < -0.3 is 9.15 Å². The first-order valence-electron chi connectivity index (χ1n) is 6.48. The third kappa shape index (κ3) is 3.41. The summed E-state index contributed by atoms with van der Waals surface area (Å²) >= 11 is 5.94. The Bertz CT molecular complexity index is 738. The average Bonchev–Trinajstić information content (AvgIpc) is 2.92. The van der Waals surface area contributed by atoms with Crippen molar-refractivity contribution in [1.82, 2.24) is 10.2 Å². The van der Waals surface area contributed by atoms with Crippen molar-refractivity contribution in [1.29, 1.82) is 0 Å². The minimum Gasteiger partial charge on any atom is -0.489 e. The van der Waals surface area contributed by atoms with E-state index in [9.17, 15) is 0 Å². The Kier molecular flexibility index (Phi) is 3.88. The molecule has 0 aliphatic carbocycles. The van der Waals surface area contributed by atoms with E-state index in [1.54, 1.807) is 6.92 Å². The van der Waals surface area contributed by atoms with Gasteiger partial charge in [-0.2, -0.15) is 0 Å². The Hall–Kier alpha value is -2.33. The molecule has 1 heterocycles. The van der Waals surface area contributed by atoms with E-state index in [0.29, 0.717) is 23.4 Å². The van der Waals surface area contributed by atoms with Gasteiger partial charge in [-0.05, 0) is 42.0 Å². The van der Waals surface area contributed by atoms with Crippen molar-refractivity contribution < 1.29 is 9.15 Å². The van der Waals surface area contributed by atoms with E-state index in [4.69, 9.17) is 20.8 Å². The van der Waals surface area contributed by atoms with Gasteiger partial charge in [0.1, 0.15) is 12.4 Å². The van der Waals surface area contributed by atoms with Gasteiger partial charge in [0.15, 0.2) is 0 Å². The summed E-state index contributed by atoms with van der Waals surface area (Å²) in [6, 6.07) is 15.1. The van der Waals surface area contributed by atoms with Crippen LogP contribution in [0.3, 0.4) is 0 Å². The molecule has 2 aromatic carbocycles. The minimum atomic E-state index is 0.472. The van der Waals surface area contributed by atoms with Gasteiger partial charge in [-0.15, -0.1) is 10.2 Å². The average molecular weight is 301 g/mol. The maximum atomic E-state index is 5.94. The zero-order valence-electron chi connectivity index (χ0n) is 11.4. The normalized spacial score (nSPS) is 10.6. The Morgan fingerprint density at radius 2 is 1.90 bits per heavy atom. The van der Waals surface area contributed by atoms with Crippen LogP contribution in [0, 0.1) is 6.92 Å². The largest absolute Gasteiger partial charge is 0.489 e. The lowest BCUT2D eigenvalue weighted by molar-refractivity contribution is 0.306. The molecule has 0 spiro atoms. The fraction of sp³-hybridized carbons (Fsp3) is 0.125. The molecule has 0 atom stereocenters. The van der Waals surface area contributed by atoms with Crippen LogP contribution in [0.15, 0.2) is 52.9 Å². The van der Waals surface area contributed by atoms with Gasteiger partial charge in [-0.25, -0.2) is 0 Å². The molecule has 0 aliphatic heterocycles. The van der Waals surface area contributed by atoms with Crippen molar-refractivity contribution in [3.63, 3.8) is 0 Å². The van der Waals surface area contributed by atoms with Gasteiger partial charge in [0.25, 0.3) is 0 Å². The first-order valence-corrected chi connectivity index (χ1v) is 6.86. The molecule has 5 heteroatoms. The van der Waals surface area contributed by atoms with Crippen molar-refractivity contribution in [3.8, 4) is 17.2 Å². The fourth-order valence-electron chi connectivity index (χ4n) is 1.90. The van der Waals surface area contributed by atoms with Crippen molar-refractivity contribution in [2.75, 3.05) is 0 Å². The molecule has 0 saturated carbocycles.